The molecule has 2 aromatic carbocycles. The maximum Gasteiger partial charge on any atom is 0.161 e. The second kappa shape index (κ2) is 6.19. The van der Waals surface area contributed by atoms with Gasteiger partial charge in [-0.2, -0.15) is 0 Å². The molecule has 1 unspecified atom stereocenters. The zero-order chi connectivity index (χ0) is 14.7. The lowest BCUT2D eigenvalue weighted by molar-refractivity contribution is 0.260. The van der Waals surface area contributed by atoms with Crippen LogP contribution in [0.15, 0.2) is 42.5 Å². The van der Waals surface area contributed by atoms with Crippen LogP contribution in [0.25, 0.3) is 0 Å². The summed E-state index contributed by atoms with van der Waals surface area (Å²) in [6, 6.07) is 14.7. The van der Waals surface area contributed by atoms with E-state index in [4.69, 9.17) is 9.47 Å². The smallest absolute Gasteiger partial charge is 0.161 e. The van der Waals surface area contributed by atoms with E-state index in [1.165, 1.54) is 16.7 Å². The molecule has 21 heavy (non-hydrogen) atoms. The minimum absolute atomic E-state index is 0.503. The van der Waals surface area contributed by atoms with E-state index in [1.54, 1.807) is 7.11 Å². The van der Waals surface area contributed by atoms with Crippen molar-refractivity contribution in [1.82, 2.24) is 5.32 Å². The summed E-state index contributed by atoms with van der Waals surface area (Å²) in [6.45, 7) is 1.53. The molecule has 110 valence electrons. The van der Waals surface area contributed by atoms with Gasteiger partial charge < -0.3 is 14.8 Å². The van der Waals surface area contributed by atoms with E-state index in [0.29, 0.717) is 12.5 Å². The Labute approximate surface area is 125 Å². The van der Waals surface area contributed by atoms with Gasteiger partial charge in [0.1, 0.15) is 0 Å². The predicted molar refractivity (Wildman–Crippen MR) is 84.1 cm³/mol. The summed E-state index contributed by atoms with van der Waals surface area (Å²) in [5, 5.41) is 3.14. The normalized spacial score (nSPS) is 16.0. The molecule has 3 heteroatoms. The number of fused-ring (bicyclic) bond motifs is 1. The highest BCUT2D eigenvalue weighted by atomic mass is 16.5. The SMILES string of the molecule is CNCc1ccc(OCC2Cc3ccccc32)c(OC)c1. The van der Waals surface area contributed by atoms with Crippen molar-refractivity contribution in [3.05, 3.63) is 59.2 Å². The van der Waals surface area contributed by atoms with Gasteiger partial charge in [0, 0.05) is 12.5 Å². The third kappa shape index (κ3) is 2.88. The molecule has 0 bridgehead atoms. The topological polar surface area (TPSA) is 30.5 Å². The Morgan fingerprint density at radius 1 is 1.14 bits per heavy atom. The lowest BCUT2D eigenvalue weighted by Crippen LogP contribution is -2.23. The van der Waals surface area contributed by atoms with Gasteiger partial charge >= 0.3 is 0 Å². The molecule has 3 nitrogen and oxygen atoms in total. The third-order valence-electron chi connectivity index (χ3n) is 4.01. The number of hydrogen-bond acceptors (Lipinski definition) is 3. The first kappa shape index (κ1) is 14.0. The molecule has 3 rings (SSSR count). The average molecular weight is 283 g/mol. The van der Waals surface area contributed by atoms with Gasteiger partial charge in [0.05, 0.1) is 13.7 Å². The van der Waals surface area contributed by atoms with E-state index in [2.05, 4.69) is 35.6 Å². The molecule has 0 heterocycles. The second-order valence-electron chi connectivity index (χ2n) is 5.43. The summed E-state index contributed by atoms with van der Waals surface area (Å²) in [4.78, 5) is 0. The van der Waals surface area contributed by atoms with Crippen LogP contribution < -0.4 is 14.8 Å². The number of ether oxygens (including phenoxy) is 2. The number of rotatable bonds is 6. The van der Waals surface area contributed by atoms with Crippen LogP contribution in [0.3, 0.4) is 0 Å². The average Bonchev–Trinajstić information content (AvgIpc) is 2.49. The summed E-state index contributed by atoms with van der Waals surface area (Å²) in [5.41, 5.74) is 4.06. The van der Waals surface area contributed by atoms with Crippen LogP contribution in [-0.2, 0) is 13.0 Å². The van der Waals surface area contributed by atoms with E-state index < -0.39 is 0 Å². The fourth-order valence-electron chi connectivity index (χ4n) is 2.85. The van der Waals surface area contributed by atoms with Gasteiger partial charge in [0.25, 0.3) is 0 Å². The largest absolute Gasteiger partial charge is 0.493 e. The van der Waals surface area contributed by atoms with Crippen molar-refractivity contribution in [2.75, 3.05) is 20.8 Å². The fraction of sp³-hybridized carbons (Fsp3) is 0.333. The molecule has 0 aliphatic heterocycles. The van der Waals surface area contributed by atoms with Crippen molar-refractivity contribution in [2.45, 2.75) is 18.9 Å². The van der Waals surface area contributed by atoms with Crippen LogP contribution >= 0.6 is 0 Å². The van der Waals surface area contributed by atoms with E-state index >= 15 is 0 Å². The number of nitrogens with one attached hydrogen (secondary N) is 1. The van der Waals surface area contributed by atoms with Crippen LogP contribution in [0.2, 0.25) is 0 Å². The molecular weight excluding hydrogens is 262 g/mol. The van der Waals surface area contributed by atoms with Crippen LogP contribution in [0.5, 0.6) is 11.5 Å². The van der Waals surface area contributed by atoms with Crippen LogP contribution in [0.4, 0.5) is 0 Å². The van der Waals surface area contributed by atoms with Gasteiger partial charge in [-0.1, -0.05) is 30.3 Å². The molecule has 0 radical (unpaired) electrons. The molecule has 2 aromatic rings. The maximum atomic E-state index is 5.98. The summed E-state index contributed by atoms with van der Waals surface area (Å²) >= 11 is 0. The monoisotopic (exact) mass is 283 g/mol. The standard InChI is InChI=1S/C18H21NO2/c1-19-11-13-7-8-17(18(9-13)20-2)21-12-15-10-14-5-3-4-6-16(14)15/h3-9,15,19H,10-12H2,1-2H3. The first-order valence-electron chi connectivity index (χ1n) is 7.34. The Hall–Kier alpha value is -2.00. The lowest BCUT2D eigenvalue weighted by Gasteiger charge is -2.30. The summed E-state index contributed by atoms with van der Waals surface area (Å²) in [6.07, 6.45) is 1.11. The van der Waals surface area contributed by atoms with Crippen molar-refractivity contribution in [2.24, 2.45) is 0 Å². The van der Waals surface area contributed by atoms with E-state index in [9.17, 15) is 0 Å². The molecule has 1 aliphatic carbocycles. The van der Waals surface area contributed by atoms with Gasteiger partial charge in [0.15, 0.2) is 11.5 Å². The van der Waals surface area contributed by atoms with Gasteiger partial charge in [-0.05, 0) is 42.3 Å². The van der Waals surface area contributed by atoms with Crippen molar-refractivity contribution < 1.29 is 9.47 Å². The zero-order valence-electron chi connectivity index (χ0n) is 12.6. The molecule has 1 atom stereocenters. The highest BCUT2D eigenvalue weighted by Gasteiger charge is 2.26. The molecule has 1 N–H and O–H groups in total. The summed E-state index contributed by atoms with van der Waals surface area (Å²) in [5.74, 6) is 2.12. The van der Waals surface area contributed by atoms with E-state index in [1.807, 2.05) is 19.2 Å². The highest BCUT2D eigenvalue weighted by molar-refractivity contribution is 5.44. The predicted octanol–water partition coefficient (Wildman–Crippen LogP) is 3.13. The first-order valence-corrected chi connectivity index (χ1v) is 7.34. The molecule has 0 fully saturated rings. The minimum Gasteiger partial charge on any atom is -0.493 e. The second-order valence-corrected chi connectivity index (χ2v) is 5.43. The van der Waals surface area contributed by atoms with E-state index in [0.717, 1.165) is 24.5 Å². The Kier molecular flexibility index (Phi) is 4.11. The Morgan fingerprint density at radius 2 is 2.00 bits per heavy atom. The van der Waals surface area contributed by atoms with Crippen molar-refractivity contribution in [3.8, 4) is 11.5 Å². The molecule has 0 amide bonds. The Morgan fingerprint density at radius 3 is 2.76 bits per heavy atom. The summed E-state index contributed by atoms with van der Waals surface area (Å²) < 4.78 is 11.4. The molecule has 0 saturated carbocycles. The third-order valence-corrected chi connectivity index (χ3v) is 4.01. The molecule has 1 aliphatic rings. The lowest BCUT2D eigenvalue weighted by atomic mass is 9.78. The van der Waals surface area contributed by atoms with Crippen molar-refractivity contribution >= 4 is 0 Å². The number of methoxy groups -OCH3 is 1. The van der Waals surface area contributed by atoms with Crippen molar-refractivity contribution in [1.29, 1.82) is 0 Å². The fourth-order valence-corrected chi connectivity index (χ4v) is 2.85. The van der Waals surface area contributed by atoms with Gasteiger partial charge in [-0.15, -0.1) is 0 Å². The Bertz CT molecular complexity index is 624. The zero-order valence-corrected chi connectivity index (χ0v) is 12.6. The minimum atomic E-state index is 0.503. The Balaban J connectivity index is 1.66. The number of hydrogen-bond donors (Lipinski definition) is 1. The van der Waals surface area contributed by atoms with Gasteiger partial charge in [0.2, 0.25) is 0 Å². The number of benzene rings is 2. The van der Waals surface area contributed by atoms with Crippen LogP contribution in [0.1, 0.15) is 22.6 Å². The molecule has 0 saturated heterocycles. The molecule has 0 aromatic heterocycles. The van der Waals surface area contributed by atoms with Crippen LogP contribution in [0, 0.1) is 0 Å². The van der Waals surface area contributed by atoms with Gasteiger partial charge in [-0.3, -0.25) is 0 Å². The summed E-state index contributed by atoms with van der Waals surface area (Å²) in [7, 11) is 3.62. The maximum absolute atomic E-state index is 5.98. The van der Waals surface area contributed by atoms with Crippen LogP contribution in [-0.4, -0.2) is 20.8 Å². The van der Waals surface area contributed by atoms with Crippen molar-refractivity contribution in [3.63, 3.8) is 0 Å². The quantitative estimate of drug-likeness (QED) is 0.883. The van der Waals surface area contributed by atoms with E-state index in [-0.39, 0.29) is 0 Å². The molecule has 0 spiro atoms. The van der Waals surface area contributed by atoms with Gasteiger partial charge in [-0.25, -0.2) is 0 Å². The molecular formula is C18H21NO2. The highest BCUT2D eigenvalue weighted by Crippen LogP contribution is 2.36. The first-order chi connectivity index (χ1) is 10.3.